The Morgan fingerprint density at radius 3 is 2.41 bits per heavy atom. The summed E-state index contributed by atoms with van der Waals surface area (Å²) in [5.74, 6) is -4.79. The molecule has 5 heteroatoms. The van der Waals surface area contributed by atoms with Crippen LogP contribution in [0.5, 0.6) is 11.5 Å². The minimum Gasteiger partial charge on any atom is -0.504 e. The molecule has 1 aromatic carbocycles. The Morgan fingerprint density at radius 1 is 1.35 bits per heavy atom. The predicted octanol–water partition coefficient (Wildman–Crippen LogP) is 2.03. The van der Waals surface area contributed by atoms with Crippen LogP contribution in [0.15, 0.2) is 12.1 Å². The average Bonchev–Trinajstić information content (AvgIpc) is 2.32. The van der Waals surface area contributed by atoms with E-state index in [0.29, 0.717) is 6.42 Å². The van der Waals surface area contributed by atoms with Crippen LogP contribution in [0.4, 0.5) is 4.39 Å². The summed E-state index contributed by atoms with van der Waals surface area (Å²) >= 11 is 0. The fourth-order valence-electron chi connectivity index (χ4n) is 1.27. The van der Waals surface area contributed by atoms with Gasteiger partial charge in [0.25, 0.3) is 0 Å². The van der Waals surface area contributed by atoms with Crippen molar-refractivity contribution >= 4 is 11.6 Å². The van der Waals surface area contributed by atoms with E-state index in [-0.39, 0.29) is 5.56 Å². The quantitative estimate of drug-likeness (QED) is 0.479. The number of rotatable bonds is 4. The summed E-state index contributed by atoms with van der Waals surface area (Å²) in [6, 6.07) is 1.61. The summed E-state index contributed by atoms with van der Waals surface area (Å²) in [6.07, 6.45) is 0.497. The van der Waals surface area contributed by atoms with Crippen LogP contribution < -0.4 is 0 Å². The number of halogens is 1. The zero-order chi connectivity index (χ0) is 13.2. The Labute approximate surface area is 97.7 Å². The maximum absolute atomic E-state index is 13.1. The average molecular weight is 240 g/mol. The second-order valence-electron chi connectivity index (χ2n) is 3.83. The van der Waals surface area contributed by atoms with Crippen molar-refractivity contribution < 1.29 is 24.2 Å². The van der Waals surface area contributed by atoms with Gasteiger partial charge >= 0.3 is 0 Å². The molecule has 4 nitrogen and oxygen atoms in total. The van der Waals surface area contributed by atoms with Crippen molar-refractivity contribution in [3.63, 3.8) is 0 Å². The van der Waals surface area contributed by atoms with Gasteiger partial charge in [-0.1, -0.05) is 13.8 Å². The number of phenols is 2. The first-order chi connectivity index (χ1) is 7.88. The van der Waals surface area contributed by atoms with E-state index in [4.69, 9.17) is 10.2 Å². The van der Waals surface area contributed by atoms with Crippen LogP contribution in [0.2, 0.25) is 0 Å². The standard InChI is InChI=1S/C12H13FO4/c1-3-6(2)10(15)11(16)7-4-8(13)12(17)9(14)5-7/h4-6,14,17H,3H2,1-2H3. The summed E-state index contributed by atoms with van der Waals surface area (Å²) in [5.41, 5.74) is -0.261. The number of hydrogen-bond acceptors (Lipinski definition) is 4. The lowest BCUT2D eigenvalue weighted by atomic mass is 9.96. The largest absolute Gasteiger partial charge is 0.504 e. The number of carbonyl (C=O) groups is 2. The van der Waals surface area contributed by atoms with Gasteiger partial charge in [0.2, 0.25) is 11.6 Å². The normalized spacial score (nSPS) is 12.2. The first-order valence-electron chi connectivity index (χ1n) is 5.18. The molecular weight excluding hydrogens is 227 g/mol. The molecule has 0 radical (unpaired) electrons. The van der Waals surface area contributed by atoms with Gasteiger partial charge in [-0.2, -0.15) is 0 Å². The summed E-state index contributed by atoms with van der Waals surface area (Å²) in [6.45, 7) is 3.35. The molecule has 0 aliphatic carbocycles. The number of benzene rings is 1. The molecule has 2 N–H and O–H groups in total. The zero-order valence-corrected chi connectivity index (χ0v) is 9.53. The van der Waals surface area contributed by atoms with Gasteiger partial charge < -0.3 is 10.2 Å². The van der Waals surface area contributed by atoms with Gasteiger partial charge in [-0.3, -0.25) is 9.59 Å². The predicted molar refractivity (Wildman–Crippen MR) is 58.5 cm³/mol. The maximum Gasteiger partial charge on any atom is 0.229 e. The monoisotopic (exact) mass is 240 g/mol. The first kappa shape index (κ1) is 13.2. The lowest BCUT2D eigenvalue weighted by molar-refractivity contribution is -0.118. The van der Waals surface area contributed by atoms with Gasteiger partial charge in [0.15, 0.2) is 17.3 Å². The third kappa shape index (κ3) is 2.61. The molecule has 0 fully saturated rings. The Bertz CT molecular complexity index is 445. The summed E-state index contributed by atoms with van der Waals surface area (Å²) < 4.78 is 13.1. The number of hydrogen-bond donors (Lipinski definition) is 2. The van der Waals surface area contributed by atoms with E-state index >= 15 is 0 Å². The molecule has 0 bridgehead atoms. The van der Waals surface area contributed by atoms with Crippen molar-refractivity contribution in [2.24, 2.45) is 5.92 Å². The molecule has 0 amide bonds. The third-order valence-corrected chi connectivity index (χ3v) is 2.59. The van der Waals surface area contributed by atoms with Crippen molar-refractivity contribution in [1.82, 2.24) is 0 Å². The molecule has 0 aliphatic heterocycles. The molecule has 1 unspecified atom stereocenters. The van der Waals surface area contributed by atoms with Crippen molar-refractivity contribution in [2.45, 2.75) is 20.3 Å². The molecule has 0 spiro atoms. The van der Waals surface area contributed by atoms with Crippen LogP contribution in [0.25, 0.3) is 0 Å². The topological polar surface area (TPSA) is 74.6 Å². The van der Waals surface area contributed by atoms with Crippen molar-refractivity contribution in [1.29, 1.82) is 0 Å². The summed E-state index contributed by atoms with van der Waals surface area (Å²) in [5, 5.41) is 18.1. The molecular formula is C12H13FO4. The Morgan fingerprint density at radius 2 is 1.94 bits per heavy atom. The van der Waals surface area contributed by atoms with E-state index in [1.807, 2.05) is 0 Å². The Balaban J connectivity index is 3.10. The Hall–Kier alpha value is -1.91. The molecule has 1 rings (SSSR count). The molecule has 0 heterocycles. The molecule has 1 aromatic rings. The highest BCUT2D eigenvalue weighted by molar-refractivity contribution is 6.44. The van der Waals surface area contributed by atoms with Gasteiger partial charge in [0, 0.05) is 11.5 Å². The SMILES string of the molecule is CCC(C)C(=O)C(=O)c1cc(O)c(O)c(F)c1. The molecule has 0 saturated heterocycles. The first-order valence-corrected chi connectivity index (χ1v) is 5.18. The molecule has 0 saturated carbocycles. The number of ketones is 2. The van der Waals surface area contributed by atoms with Crippen LogP contribution in [0, 0.1) is 11.7 Å². The molecule has 92 valence electrons. The van der Waals surface area contributed by atoms with E-state index in [0.717, 1.165) is 12.1 Å². The van der Waals surface area contributed by atoms with E-state index in [1.165, 1.54) is 0 Å². The van der Waals surface area contributed by atoms with Crippen molar-refractivity contribution in [3.8, 4) is 11.5 Å². The second kappa shape index (κ2) is 4.95. The highest BCUT2D eigenvalue weighted by atomic mass is 19.1. The molecule has 1 atom stereocenters. The van der Waals surface area contributed by atoms with Gasteiger partial charge in [-0.15, -0.1) is 0 Å². The van der Waals surface area contributed by atoms with Crippen molar-refractivity contribution in [3.05, 3.63) is 23.5 Å². The van der Waals surface area contributed by atoms with Crippen LogP contribution in [-0.4, -0.2) is 21.8 Å². The van der Waals surface area contributed by atoms with Crippen molar-refractivity contribution in [2.75, 3.05) is 0 Å². The Kier molecular flexibility index (Phi) is 3.83. The zero-order valence-electron chi connectivity index (χ0n) is 9.53. The van der Waals surface area contributed by atoms with Crippen LogP contribution in [0.1, 0.15) is 30.6 Å². The van der Waals surface area contributed by atoms with E-state index < -0.39 is 34.8 Å². The molecule has 17 heavy (non-hydrogen) atoms. The maximum atomic E-state index is 13.1. The fourth-order valence-corrected chi connectivity index (χ4v) is 1.27. The third-order valence-electron chi connectivity index (χ3n) is 2.59. The second-order valence-corrected chi connectivity index (χ2v) is 3.83. The lowest BCUT2D eigenvalue weighted by Crippen LogP contribution is -2.21. The minimum atomic E-state index is -1.13. The number of phenolic OH excluding ortho intramolecular Hbond substituents is 2. The summed E-state index contributed by atoms with van der Waals surface area (Å²) in [4.78, 5) is 23.2. The number of aromatic hydroxyl groups is 2. The fraction of sp³-hybridized carbons (Fsp3) is 0.333. The summed E-state index contributed by atoms with van der Waals surface area (Å²) in [7, 11) is 0. The molecule has 0 aromatic heterocycles. The van der Waals surface area contributed by atoms with Crippen LogP contribution in [0.3, 0.4) is 0 Å². The van der Waals surface area contributed by atoms with Crippen LogP contribution >= 0.6 is 0 Å². The van der Waals surface area contributed by atoms with Gasteiger partial charge in [0.05, 0.1) is 0 Å². The highest BCUT2D eigenvalue weighted by Crippen LogP contribution is 2.29. The minimum absolute atomic E-state index is 0.261. The smallest absolute Gasteiger partial charge is 0.229 e. The van der Waals surface area contributed by atoms with Gasteiger partial charge in [-0.05, 0) is 18.6 Å². The highest BCUT2D eigenvalue weighted by Gasteiger charge is 2.23. The van der Waals surface area contributed by atoms with Gasteiger partial charge in [0.1, 0.15) is 0 Å². The molecule has 0 aliphatic rings. The van der Waals surface area contributed by atoms with E-state index in [9.17, 15) is 14.0 Å². The number of Topliss-reactive ketones (excluding diaryl/α,β-unsaturated/α-hetero) is 2. The van der Waals surface area contributed by atoms with Gasteiger partial charge in [-0.25, -0.2) is 4.39 Å². The number of carbonyl (C=O) groups excluding carboxylic acids is 2. The van der Waals surface area contributed by atoms with E-state index in [2.05, 4.69) is 0 Å². The van der Waals surface area contributed by atoms with Crippen LogP contribution in [-0.2, 0) is 4.79 Å². The van der Waals surface area contributed by atoms with E-state index in [1.54, 1.807) is 13.8 Å². The lowest BCUT2D eigenvalue weighted by Gasteiger charge is -2.07.